The van der Waals surface area contributed by atoms with E-state index in [2.05, 4.69) is 5.32 Å². The number of ether oxygens (including phenoxy) is 2. The van der Waals surface area contributed by atoms with Crippen LogP contribution in [0, 0.1) is 5.92 Å². The van der Waals surface area contributed by atoms with Crippen molar-refractivity contribution in [2.75, 3.05) is 6.61 Å². The number of ketones is 1. The molecule has 4 rings (SSSR count). The number of carbonyl (C=O) groups is 3. The third kappa shape index (κ3) is 8.98. The molecular weight excluding hydrogens is 548 g/mol. The van der Waals surface area contributed by atoms with Gasteiger partial charge in [-0.15, -0.1) is 11.3 Å². The van der Waals surface area contributed by atoms with E-state index in [1.165, 1.54) is 11.3 Å². The molecule has 1 amide bonds. The van der Waals surface area contributed by atoms with Crippen molar-refractivity contribution in [3.63, 3.8) is 0 Å². The monoisotopic (exact) mass is 586 g/mol. The highest BCUT2D eigenvalue weighted by atomic mass is 32.1. The second kappa shape index (κ2) is 15.3. The molecule has 1 aliphatic carbocycles. The molecule has 1 N–H and O–H groups in total. The molecule has 8 heteroatoms. The van der Waals surface area contributed by atoms with Gasteiger partial charge in [0.05, 0.1) is 18.3 Å². The molecule has 1 atom stereocenters. The molecule has 1 aromatic heterocycles. The molecule has 0 aliphatic heterocycles. The van der Waals surface area contributed by atoms with E-state index in [-0.39, 0.29) is 17.7 Å². The Morgan fingerprint density at radius 3 is 2.43 bits per heavy atom. The minimum atomic E-state index is -0.550. The Balaban J connectivity index is 1.49. The van der Waals surface area contributed by atoms with Gasteiger partial charge in [0.2, 0.25) is 5.78 Å². The normalized spacial score (nSPS) is 14.8. The number of hydrogen-bond donors (Lipinski definition) is 1. The number of aromatic nitrogens is 1. The molecule has 0 saturated heterocycles. The average Bonchev–Trinajstić information content (AvgIpc) is 3.69. The van der Waals surface area contributed by atoms with Crippen LogP contribution in [0.5, 0.6) is 5.75 Å². The number of Topliss-reactive ketones (excluding diaryl/α,β-unsaturated/α-hetero) is 1. The van der Waals surface area contributed by atoms with Crippen LogP contribution >= 0.6 is 11.3 Å². The summed E-state index contributed by atoms with van der Waals surface area (Å²) >= 11 is 1.43. The number of carbonyl (C=O) groups excluding carboxylic acids is 3. The molecule has 0 spiro atoms. The van der Waals surface area contributed by atoms with Crippen LogP contribution in [-0.4, -0.2) is 29.3 Å². The lowest BCUT2D eigenvalue weighted by atomic mass is 10.0. The predicted octanol–water partition coefficient (Wildman–Crippen LogP) is 6.79. The Kier molecular flexibility index (Phi) is 11.2. The van der Waals surface area contributed by atoms with Crippen LogP contribution in [0.15, 0.2) is 77.2 Å². The van der Waals surface area contributed by atoms with Crippen molar-refractivity contribution in [3.8, 4) is 5.75 Å². The molecule has 1 saturated carbocycles. The van der Waals surface area contributed by atoms with Gasteiger partial charge in [-0.2, -0.15) is 0 Å². The van der Waals surface area contributed by atoms with E-state index >= 15 is 0 Å². The van der Waals surface area contributed by atoms with Crippen molar-refractivity contribution in [2.24, 2.45) is 5.92 Å². The summed E-state index contributed by atoms with van der Waals surface area (Å²) in [5.41, 5.74) is 4.14. The lowest BCUT2D eigenvalue weighted by Crippen LogP contribution is -2.38. The largest absolute Gasteiger partial charge is 0.489 e. The SMILES string of the molecule is CCOC(=O)C(C)=CC(C)=Cc1csc([C@H](Cc2ccc(OCc3ccccc3)cc2)NC(=O)C(=O)C2CCCC2)n1. The number of hydrogen-bond acceptors (Lipinski definition) is 7. The third-order valence-electron chi connectivity index (χ3n) is 7.12. The quantitative estimate of drug-likeness (QED) is 0.103. The predicted molar refractivity (Wildman–Crippen MR) is 165 cm³/mol. The van der Waals surface area contributed by atoms with Crippen LogP contribution < -0.4 is 10.1 Å². The van der Waals surface area contributed by atoms with Gasteiger partial charge in [-0.1, -0.05) is 55.3 Å². The van der Waals surface area contributed by atoms with Crippen molar-refractivity contribution < 1.29 is 23.9 Å². The highest BCUT2D eigenvalue weighted by Gasteiger charge is 2.30. The van der Waals surface area contributed by atoms with Gasteiger partial charge in [0, 0.05) is 16.9 Å². The van der Waals surface area contributed by atoms with E-state index in [9.17, 15) is 14.4 Å². The van der Waals surface area contributed by atoms with E-state index < -0.39 is 11.9 Å². The van der Waals surface area contributed by atoms with Crippen molar-refractivity contribution in [1.82, 2.24) is 10.3 Å². The summed E-state index contributed by atoms with van der Waals surface area (Å²) in [6.45, 7) is 6.18. The first kappa shape index (κ1) is 30.9. The Bertz CT molecular complexity index is 1420. The minimum absolute atomic E-state index is 0.196. The Morgan fingerprint density at radius 2 is 1.74 bits per heavy atom. The third-order valence-corrected chi connectivity index (χ3v) is 8.10. The number of benzene rings is 2. The van der Waals surface area contributed by atoms with Crippen LogP contribution in [0.4, 0.5) is 0 Å². The minimum Gasteiger partial charge on any atom is -0.489 e. The van der Waals surface area contributed by atoms with Crippen molar-refractivity contribution >= 4 is 35.1 Å². The zero-order chi connectivity index (χ0) is 29.9. The van der Waals surface area contributed by atoms with Crippen LogP contribution in [0.3, 0.4) is 0 Å². The average molecular weight is 587 g/mol. The number of allylic oxidation sites excluding steroid dienone is 2. The topological polar surface area (TPSA) is 94.6 Å². The number of esters is 1. The standard InChI is InChI=1S/C34H38N2O5S/c1-4-40-34(39)24(3)18-23(2)19-28-22-42-33(35-28)30(36-32(38)31(37)27-12-8-9-13-27)20-25-14-16-29(17-15-25)41-21-26-10-6-5-7-11-26/h5-7,10-11,14-19,22,27,30H,4,8-9,12-13,20-21H2,1-3H3,(H,36,38)/t30-/m0/s1. The van der Waals surface area contributed by atoms with Crippen LogP contribution in [0.2, 0.25) is 0 Å². The molecule has 0 unspecified atom stereocenters. The number of nitrogens with zero attached hydrogens (tertiary/aromatic N) is 1. The fraction of sp³-hybridized carbons (Fsp3) is 0.353. The van der Waals surface area contributed by atoms with Crippen molar-refractivity contribution in [1.29, 1.82) is 0 Å². The zero-order valence-corrected chi connectivity index (χ0v) is 25.2. The maximum atomic E-state index is 13.0. The van der Waals surface area contributed by atoms with Gasteiger partial charge in [0.15, 0.2) is 0 Å². The van der Waals surface area contributed by atoms with E-state index in [0.717, 1.165) is 48.1 Å². The first-order valence-electron chi connectivity index (χ1n) is 14.4. The van der Waals surface area contributed by atoms with Crippen LogP contribution in [0.25, 0.3) is 6.08 Å². The smallest absolute Gasteiger partial charge is 0.333 e. The van der Waals surface area contributed by atoms with Crippen molar-refractivity contribution in [2.45, 2.75) is 65.5 Å². The van der Waals surface area contributed by atoms with Gasteiger partial charge >= 0.3 is 5.97 Å². The van der Waals surface area contributed by atoms with Gasteiger partial charge in [0.25, 0.3) is 5.91 Å². The summed E-state index contributed by atoms with van der Waals surface area (Å²) in [6, 6.07) is 17.3. The van der Waals surface area contributed by atoms with Gasteiger partial charge in [-0.05, 0) is 81.0 Å². The lowest BCUT2D eigenvalue weighted by Gasteiger charge is -2.18. The first-order chi connectivity index (χ1) is 20.3. The molecule has 3 aromatic rings. The highest BCUT2D eigenvalue weighted by Crippen LogP contribution is 2.28. The molecule has 220 valence electrons. The summed E-state index contributed by atoms with van der Waals surface area (Å²) in [4.78, 5) is 42.6. The van der Waals surface area contributed by atoms with Gasteiger partial charge in [-0.3, -0.25) is 9.59 Å². The molecule has 0 bridgehead atoms. The summed E-state index contributed by atoms with van der Waals surface area (Å²) in [5.74, 6) is -0.683. The van der Waals surface area contributed by atoms with E-state index in [1.54, 1.807) is 19.9 Å². The van der Waals surface area contributed by atoms with Gasteiger partial charge < -0.3 is 14.8 Å². The van der Waals surface area contributed by atoms with Crippen molar-refractivity contribution in [3.05, 3.63) is 99.0 Å². The number of thiazole rings is 1. The number of nitrogens with one attached hydrogen (secondary N) is 1. The fourth-order valence-electron chi connectivity index (χ4n) is 4.95. The molecule has 7 nitrogen and oxygen atoms in total. The molecule has 2 aromatic carbocycles. The first-order valence-corrected chi connectivity index (χ1v) is 15.3. The second-order valence-corrected chi connectivity index (χ2v) is 11.4. The molecule has 42 heavy (non-hydrogen) atoms. The summed E-state index contributed by atoms with van der Waals surface area (Å²) in [5, 5.41) is 5.60. The summed E-state index contributed by atoms with van der Waals surface area (Å²) in [7, 11) is 0. The number of amides is 1. The van der Waals surface area contributed by atoms with E-state index in [0.29, 0.717) is 35.9 Å². The number of rotatable bonds is 13. The van der Waals surface area contributed by atoms with Gasteiger partial charge in [-0.25, -0.2) is 9.78 Å². The highest BCUT2D eigenvalue weighted by molar-refractivity contribution is 7.09. The maximum absolute atomic E-state index is 13.0. The zero-order valence-electron chi connectivity index (χ0n) is 24.4. The fourth-order valence-corrected chi connectivity index (χ4v) is 5.78. The maximum Gasteiger partial charge on any atom is 0.333 e. The Hall–Kier alpha value is -4.04. The Labute approximate surface area is 251 Å². The van der Waals surface area contributed by atoms with Crippen LogP contribution in [-0.2, 0) is 32.1 Å². The summed E-state index contributed by atoms with van der Waals surface area (Å²) in [6.07, 6.45) is 7.62. The molecule has 1 aliphatic rings. The molecule has 1 heterocycles. The second-order valence-electron chi connectivity index (χ2n) is 10.5. The van der Waals surface area contributed by atoms with Crippen LogP contribution in [0.1, 0.15) is 74.3 Å². The molecule has 0 radical (unpaired) electrons. The summed E-state index contributed by atoms with van der Waals surface area (Å²) < 4.78 is 11.0. The molecule has 1 fully saturated rings. The van der Waals surface area contributed by atoms with E-state index in [1.807, 2.05) is 73.0 Å². The van der Waals surface area contributed by atoms with Gasteiger partial charge in [0.1, 0.15) is 17.4 Å². The van der Waals surface area contributed by atoms with E-state index in [4.69, 9.17) is 14.5 Å². The molecular formula is C34H38N2O5S. The lowest BCUT2D eigenvalue weighted by molar-refractivity contribution is -0.140. The Morgan fingerprint density at radius 1 is 1.02 bits per heavy atom.